The molecule has 3 N–H and O–H groups in total. The second-order valence-electron chi connectivity index (χ2n) is 8.07. The fraction of sp³-hybridized carbons (Fsp3) is 0.571. The summed E-state index contributed by atoms with van der Waals surface area (Å²) in [6, 6.07) is 0.185. The van der Waals surface area contributed by atoms with E-state index in [2.05, 4.69) is 16.0 Å². The number of piperidine rings is 2. The molecule has 2 aliphatic rings. The van der Waals surface area contributed by atoms with Gasteiger partial charge in [0.1, 0.15) is 10.6 Å². The molecule has 2 fully saturated rings. The maximum Gasteiger partial charge on any atom is 0.409 e. The lowest BCUT2D eigenvalue weighted by Crippen LogP contribution is -2.64. The fourth-order valence-corrected chi connectivity index (χ4v) is 4.22. The monoisotopic (exact) mass is 490 g/mol. The molecule has 33 heavy (non-hydrogen) atoms. The Morgan fingerprint density at radius 1 is 1.18 bits per heavy atom. The first-order valence-corrected chi connectivity index (χ1v) is 11.1. The van der Waals surface area contributed by atoms with Gasteiger partial charge in [0.05, 0.1) is 12.2 Å². The summed E-state index contributed by atoms with van der Waals surface area (Å²) in [4.78, 5) is 39.4. The molecular formula is C21H26ClF3N4O4. The average molecular weight is 491 g/mol. The second-order valence-corrected chi connectivity index (χ2v) is 8.45. The van der Waals surface area contributed by atoms with Crippen LogP contribution in [0, 0.1) is 17.5 Å². The largest absolute Gasteiger partial charge is 0.450 e. The number of benzene rings is 1. The summed E-state index contributed by atoms with van der Waals surface area (Å²) < 4.78 is 46.6. The van der Waals surface area contributed by atoms with Gasteiger partial charge in [-0.1, -0.05) is 11.6 Å². The van der Waals surface area contributed by atoms with Crippen molar-refractivity contribution in [2.24, 2.45) is 0 Å². The molecule has 0 spiro atoms. The van der Waals surface area contributed by atoms with Crippen LogP contribution in [0.1, 0.15) is 43.0 Å². The minimum atomic E-state index is -1.59. The van der Waals surface area contributed by atoms with Gasteiger partial charge in [0, 0.05) is 19.1 Å². The van der Waals surface area contributed by atoms with Gasteiger partial charge in [-0.05, 0) is 51.8 Å². The van der Waals surface area contributed by atoms with Crippen LogP contribution in [0.5, 0.6) is 0 Å². The molecule has 12 heteroatoms. The fourth-order valence-electron chi connectivity index (χ4n) is 4.03. The normalized spacial score (nSPS) is 18.5. The van der Waals surface area contributed by atoms with E-state index in [1.165, 1.54) is 0 Å². The highest BCUT2D eigenvalue weighted by atomic mass is 35.5. The van der Waals surface area contributed by atoms with E-state index in [1.807, 2.05) is 0 Å². The average Bonchev–Trinajstić information content (AvgIpc) is 2.81. The number of rotatable bonds is 5. The highest BCUT2D eigenvalue weighted by Gasteiger charge is 2.42. The molecule has 8 nitrogen and oxygen atoms in total. The summed E-state index contributed by atoms with van der Waals surface area (Å²) in [7, 11) is 0. The SMILES string of the molecule is CCOC(=O)N1CCC(NC(=O)C2(NC(=O)c3cc(F)c(F)c(Cl)c3F)CCNCC2)CC1. The number of carbonyl (C=O) groups excluding carboxylic acids is 3. The molecule has 2 heterocycles. The van der Waals surface area contributed by atoms with Crippen molar-refractivity contribution in [1.29, 1.82) is 0 Å². The zero-order valence-corrected chi connectivity index (χ0v) is 18.9. The molecule has 2 saturated heterocycles. The molecular weight excluding hydrogens is 465 g/mol. The summed E-state index contributed by atoms with van der Waals surface area (Å²) in [6.45, 7) is 3.63. The van der Waals surface area contributed by atoms with Gasteiger partial charge in [0.2, 0.25) is 5.91 Å². The van der Waals surface area contributed by atoms with E-state index in [0.29, 0.717) is 45.1 Å². The standard InChI is InChI=1S/C21H26ClF3N4O4/c1-2-33-20(32)29-9-3-12(4-10-29)27-19(31)21(5-7-26-8-6-21)28-18(30)13-11-14(23)17(25)15(22)16(13)24/h11-12,26H,2-10H2,1H3,(H,27,31)(H,28,30). The molecule has 0 atom stereocenters. The van der Waals surface area contributed by atoms with Crippen molar-refractivity contribution < 1.29 is 32.3 Å². The van der Waals surface area contributed by atoms with E-state index in [9.17, 15) is 27.6 Å². The van der Waals surface area contributed by atoms with Gasteiger partial charge < -0.3 is 25.6 Å². The molecule has 0 radical (unpaired) electrons. The van der Waals surface area contributed by atoms with Gasteiger partial charge in [-0.3, -0.25) is 9.59 Å². The van der Waals surface area contributed by atoms with Gasteiger partial charge in [-0.25, -0.2) is 18.0 Å². The van der Waals surface area contributed by atoms with Crippen LogP contribution < -0.4 is 16.0 Å². The summed E-state index contributed by atoms with van der Waals surface area (Å²) in [5.41, 5.74) is -2.16. The summed E-state index contributed by atoms with van der Waals surface area (Å²) >= 11 is 5.46. The first-order chi connectivity index (χ1) is 15.7. The molecule has 3 rings (SSSR count). The zero-order valence-electron chi connectivity index (χ0n) is 18.1. The molecule has 2 aliphatic heterocycles. The van der Waals surface area contributed by atoms with Gasteiger partial charge >= 0.3 is 6.09 Å². The van der Waals surface area contributed by atoms with Crippen molar-refractivity contribution >= 4 is 29.5 Å². The number of amides is 3. The van der Waals surface area contributed by atoms with Crippen LogP contribution in [-0.4, -0.2) is 67.2 Å². The molecule has 1 aromatic rings. The van der Waals surface area contributed by atoms with E-state index in [4.69, 9.17) is 16.3 Å². The number of hydrogen-bond acceptors (Lipinski definition) is 5. The maximum atomic E-state index is 14.3. The Hall–Kier alpha value is -2.53. The van der Waals surface area contributed by atoms with Crippen LogP contribution in [0.15, 0.2) is 6.07 Å². The predicted octanol–water partition coefficient (Wildman–Crippen LogP) is 2.35. The lowest BCUT2D eigenvalue weighted by molar-refractivity contribution is -0.129. The van der Waals surface area contributed by atoms with E-state index in [1.54, 1.807) is 11.8 Å². The number of nitrogens with zero attached hydrogens (tertiary/aromatic N) is 1. The van der Waals surface area contributed by atoms with Gasteiger partial charge in [0.15, 0.2) is 17.5 Å². The van der Waals surface area contributed by atoms with Crippen molar-refractivity contribution in [3.05, 3.63) is 34.1 Å². The van der Waals surface area contributed by atoms with E-state index in [0.717, 1.165) is 0 Å². The molecule has 0 unspecified atom stereocenters. The van der Waals surface area contributed by atoms with Crippen LogP contribution in [0.4, 0.5) is 18.0 Å². The van der Waals surface area contributed by atoms with E-state index in [-0.39, 0.29) is 25.5 Å². The van der Waals surface area contributed by atoms with Gasteiger partial charge in [-0.15, -0.1) is 0 Å². The van der Waals surface area contributed by atoms with Crippen LogP contribution in [-0.2, 0) is 9.53 Å². The molecule has 0 aromatic heterocycles. The first kappa shape index (κ1) is 25.1. The summed E-state index contributed by atoms with van der Waals surface area (Å²) in [5.74, 6) is -5.98. The third-order valence-electron chi connectivity index (χ3n) is 5.95. The third-order valence-corrected chi connectivity index (χ3v) is 6.28. The lowest BCUT2D eigenvalue weighted by atomic mass is 9.86. The Kier molecular flexibility index (Phi) is 8.06. The van der Waals surface area contributed by atoms with Gasteiger partial charge in [0.25, 0.3) is 5.91 Å². The van der Waals surface area contributed by atoms with E-state index < -0.39 is 51.5 Å². The molecule has 3 amide bonds. The van der Waals surface area contributed by atoms with Crippen molar-refractivity contribution in [3.8, 4) is 0 Å². The molecule has 0 bridgehead atoms. The van der Waals surface area contributed by atoms with Crippen LogP contribution in [0.3, 0.4) is 0 Å². The van der Waals surface area contributed by atoms with Crippen LogP contribution >= 0.6 is 11.6 Å². The number of carbonyl (C=O) groups is 3. The summed E-state index contributed by atoms with van der Waals surface area (Å²) in [6.07, 6.45) is 1.02. The Bertz CT molecular complexity index is 919. The number of likely N-dealkylation sites (tertiary alicyclic amines) is 1. The zero-order chi connectivity index (χ0) is 24.2. The highest BCUT2D eigenvalue weighted by molar-refractivity contribution is 6.31. The van der Waals surface area contributed by atoms with Crippen molar-refractivity contribution in [1.82, 2.24) is 20.9 Å². The number of ether oxygens (including phenoxy) is 1. The minimum Gasteiger partial charge on any atom is -0.450 e. The second kappa shape index (κ2) is 10.6. The maximum absolute atomic E-state index is 14.3. The topological polar surface area (TPSA) is 99.8 Å². The molecule has 0 aliphatic carbocycles. The van der Waals surface area contributed by atoms with Crippen LogP contribution in [0.2, 0.25) is 5.02 Å². The Labute approximate surface area is 194 Å². The number of halogens is 4. The Morgan fingerprint density at radius 2 is 1.82 bits per heavy atom. The van der Waals surface area contributed by atoms with Crippen molar-refractivity contribution in [2.45, 2.75) is 44.2 Å². The predicted molar refractivity (Wildman–Crippen MR) is 113 cm³/mol. The smallest absolute Gasteiger partial charge is 0.409 e. The minimum absolute atomic E-state index is 0.214. The quantitative estimate of drug-likeness (QED) is 0.434. The lowest BCUT2D eigenvalue weighted by Gasteiger charge is -2.39. The first-order valence-electron chi connectivity index (χ1n) is 10.8. The van der Waals surface area contributed by atoms with Crippen molar-refractivity contribution in [3.63, 3.8) is 0 Å². The highest BCUT2D eigenvalue weighted by Crippen LogP contribution is 2.27. The van der Waals surface area contributed by atoms with Gasteiger partial charge in [-0.2, -0.15) is 0 Å². The number of hydrogen-bond donors (Lipinski definition) is 3. The molecule has 0 saturated carbocycles. The number of nitrogens with one attached hydrogen (secondary N) is 3. The summed E-state index contributed by atoms with van der Waals surface area (Å²) in [5, 5.41) is 7.40. The molecule has 182 valence electrons. The van der Waals surface area contributed by atoms with Crippen molar-refractivity contribution in [2.75, 3.05) is 32.8 Å². The van der Waals surface area contributed by atoms with E-state index >= 15 is 0 Å². The Morgan fingerprint density at radius 3 is 2.42 bits per heavy atom. The molecule has 1 aromatic carbocycles. The third kappa shape index (κ3) is 5.52. The van der Waals surface area contributed by atoms with Crippen LogP contribution in [0.25, 0.3) is 0 Å². The Balaban J connectivity index is 1.71.